The number of benzene rings is 1. The van der Waals surface area contributed by atoms with Crippen LogP contribution < -0.4 is 10.9 Å². The van der Waals surface area contributed by atoms with Gasteiger partial charge in [0.05, 0.1) is 11.4 Å². The van der Waals surface area contributed by atoms with Gasteiger partial charge in [-0.05, 0) is 31.2 Å². The zero-order chi connectivity index (χ0) is 19.9. The molecule has 1 aromatic carbocycles. The maximum atomic E-state index is 12.2. The quantitative estimate of drug-likeness (QED) is 0.505. The number of hydrazine groups is 1. The molecule has 0 saturated carbocycles. The van der Waals surface area contributed by atoms with Crippen LogP contribution in [0.3, 0.4) is 0 Å². The molecule has 2 aromatic heterocycles. The molecule has 142 valence electrons. The van der Waals surface area contributed by atoms with Crippen molar-refractivity contribution in [1.82, 2.24) is 20.8 Å². The number of ether oxygens (including phenoxy) is 1. The summed E-state index contributed by atoms with van der Waals surface area (Å²) in [5.74, 6) is -1.80. The van der Waals surface area contributed by atoms with E-state index in [0.717, 1.165) is 11.3 Å². The van der Waals surface area contributed by atoms with E-state index in [-0.39, 0.29) is 0 Å². The van der Waals surface area contributed by atoms with Crippen LogP contribution in [-0.4, -0.2) is 34.4 Å². The van der Waals surface area contributed by atoms with E-state index in [2.05, 4.69) is 20.8 Å². The Labute approximate surface area is 164 Å². The first kappa shape index (κ1) is 19.2. The highest BCUT2D eigenvalue weighted by molar-refractivity contribution is 7.17. The molecule has 0 unspecified atom stereocenters. The van der Waals surface area contributed by atoms with Gasteiger partial charge < -0.3 is 4.74 Å². The maximum absolute atomic E-state index is 12.2. The number of esters is 1. The molecule has 0 aliphatic rings. The van der Waals surface area contributed by atoms with Gasteiger partial charge in [0.25, 0.3) is 11.8 Å². The maximum Gasteiger partial charge on any atom is 0.350 e. The SMILES string of the molecule is Cc1nc(-c2ccccn2)sc1C(=O)OCC(=O)NNC(=O)c1ccccc1. The van der Waals surface area contributed by atoms with Crippen LogP contribution in [0.25, 0.3) is 10.7 Å². The number of hydrogen-bond donors (Lipinski definition) is 2. The van der Waals surface area contributed by atoms with Gasteiger partial charge in [-0.25, -0.2) is 9.78 Å². The second-order valence-electron chi connectivity index (χ2n) is 5.59. The number of hydrogen-bond acceptors (Lipinski definition) is 7. The van der Waals surface area contributed by atoms with Crippen LogP contribution in [0.1, 0.15) is 25.7 Å². The Morgan fingerprint density at radius 2 is 1.79 bits per heavy atom. The molecular weight excluding hydrogens is 380 g/mol. The lowest BCUT2D eigenvalue weighted by Gasteiger charge is -2.07. The third-order valence-corrected chi connectivity index (χ3v) is 4.71. The molecule has 2 amide bonds. The van der Waals surface area contributed by atoms with Gasteiger partial charge in [0.15, 0.2) is 6.61 Å². The highest BCUT2D eigenvalue weighted by Crippen LogP contribution is 2.26. The average molecular weight is 396 g/mol. The number of pyridine rings is 1. The van der Waals surface area contributed by atoms with Gasteiger partial charge in [0.1, 0.15) is 9.88 Å². The number of nitrogens with zero attached hydrogens (tertiary/aromatic N) is 2. The number of nitrogens with one attached hydrogen (secondary N) is 2. The second-order valence-corrected chi connectivity index (χ2v) is 6.59. The van der Waals surface area contributed by atoms with E-state index in [4.69, 9.17) is 4.74 Å². The molecular formula is C19H16N4O4S. The summed E-state index contributed by atoms with van der Waals surface area (Å²) >= 11 is 1.14. The minimum absolute atomic E-state index is 0.293. The molecule has 0 atom stereocenters. The molecule has 0 spiro atoms. The minimum Gasteiger partial charge on any atom is -0.451 e. The summed E-state index contributed by atoms with van der Waals surface area (Å²) in [5.41, 5.74) is 5.98. The van der Waals surface area contributed by atoms with Crippen LogP contribution in [0.15, 0.2) is 54.7 Å². The highest BCUT2D eigenvalue weighted by atomic mass is 32.1. The molecule has 3 aromatic rings. The van der Waals surface area contributed by atoms with Gasteiger partial charge in [-0.15, -0.1) is 11.3 Å². The predicted octanol–water partition coefficient (Wildman–Crippen LogP) is 2.13. The lowest BCUT2D eigenvalue weighted by molar-refractivity contribution is -0.125. The molecule has 2 N–H and O–H groups in total. The number of carbonyl (C=O) groups is 3. The number of rotatable bonds is 5. The van der Waals surface area contributed by atoms with E-state index in [0.29, 0.717) is 26.8 Å². The van der Waals surface area contributed by atoms with E-state index >= 15 is 0 Å². The number of aromatic nitrogens is 2. The fourth-order valence-electron chi connectivity index (χ4n) is 2.21. The molecule has 28 heavy (non-hydrogen) atoms. The summed E-state index contributed by atoms with van der Waals surface area (Å²) in [6.45, 7) is 1.14. The normalized spacial score (nSPS) is 10.2. The Hall–Kier alpha value is -3.59. The summed E-state index contributed by atoms with van der Waals surface area (Å²) in [6, 6.07) is 13.8. The standard InChI is InChI=1S/C19H16N4O4S/c1-12-16(28-18(21-12)14-9-5-6-10-20-14)19(26)27-11-15(24)22-23-17(25)13-7-3-2-4-8-13/h2-10H,11H2,1H3,(H,22,24)(H,23,25). The van der Waals surface area contributed by atoms with Gasteiger partial charge >= 0.3 is 5.97 Å². The Balaban J connectivity index is 1.52. The zero-order valence-corrected chi connectivity index (χ0v) is 15.7. The summed E-state index contributed by atoms with van der Waals surface area (Å²) in [7, 11) is 0. The molecule has 0 fully saturated rings. The van der Waals surface area contributed by atoms with Crippen molar-refractivity contribution in [2.45, 2.75) is 6.92 Å². The van der Waals surface area contributed by atoms with Crippen molar-refractivity contribution in [1.29, 1.82) is 0 Å². The fourth-order valence-corrected chi connectivity index (χ4v) is 3.14. The first-order chi connectivity index (χ1) is 13.5. The van der Waals surface area contributed by atoms with Gasteiger partial charge in [0, 0.05) is 11.8 Å². The third kappa shape index (κ3) is 4.77. The molecule has 9 heteroatoms. The highest BCUT2D eigenvalue weighted by Gasteiger charge is 2.19. The Bertz CT molecular complexity index is 990. The van der Waals surface area contributed by atoms with Crippen molar-refractivity contribution < 1.29 is 19.1 Å². The Morgan fingerprint density at radius 1 is 1.04 bits per heavy atom. The van der Waals surface area contributed by atoms with Crippen LogP contribution in [0, 0.1) is 6.92 Å². The van der Waals surface area contributed by atoms with Crippen LogP contribution in [0.4, 0.5) is 0 Å². The number of carbonyl (C=O) groups excluding carboxylic acids is 3. The summed E-state index contributed by atoms with van der Waals surface area (Å²) in [4.78, 5) is 44.7. The van der Waals surface area contributed by atoms with Gasteiger partial charge in [-0.2, -0.15) is 0 Å². The molecule has 0 aliphatic carbocycles. The molecule has 8 nitrogen and oxygen atoms in total. The smallest absolute Gasteiger partial charge is 0.350 e. The summed E-state index contributed by atoms with van der Waals surface area (Å²) in [6.07, 6.45) is 1.64. The minimum atomic E-state index is -0.665. The fraction of sp³-hybridized carbons (Fsp3) is 0.105. The molecule has 0 radical (unpaired) electrons. The van der Waals surface area contributed by atoms with E-state index in [1.165, 1.54) is 0 Å². The summed E-state index contributed by atoms with van der Waals surface area (Å²) in [5, 5.41) is 0.588. The van der Waals surface area contributed by atoms with Crippen LogP contribution in [0.2, 0.25) is 0 Å². The van der Waals surface area contributed by atoms with Gasteiger partial charge in [0.2, 0.25) is 0 Å². The second kappa shape index (κ2) is 8.87. The monoisotopic (exact) mass is 396 g/mol. The van der Waals surface area contributed by atoms with E-state index < -0.39 is 24.4 Å². The van der Waals surface area contributed by atoms with Crippen molar-refractivity contribution in [3.8, 4) is 10.7 Å². The van der Waals surface area contributed by atoms with Crippen LogP contribution in [0.5, 0.6) is 0 Å². The predicted molar refractivity (Wildman–Crippen MR) is 102 cm³/mol. The van der Waals surface area contributed by atoms with Gasteiger partial charge in [-0.3, -0.25) is 25.4 Å². The van der Waals surface area contributed by atoms with Crippen LogP contribution in [-0.2, 0) is 9.53 Å². The van der Waals surface area contributed by atoms with Crippen molar-refractivity contribution in [2.75, 3.05) is 6.61 Å². The lowest BCUT2D eigenvalue weighted by Crippen LogP contribution is -2.43. The van der Waals surface area contributed by atoms with Crippen molar-refractivity contribution in [3.63, 3.8) is 0 Å². The first-order valence-corrected chi connectivity index (χ1v) is 9.06. The molecule has 2 heterocycles. The number of thiazole rings is 1. The molecule has 0 saturated heterocycles. The number of amides is 2. The van der Waals surface area contributed by atoms with E-state index in [9.17, 15) is 14.4 Å². The Kier molecular flexibility index (Phi) is 6.07. The zero-order valence-electron chi connectivity index (χ0n) is 14.8. The third-order valence-electron chi connectivity index (χ3n) is 3.55. The van der Waals surface area contributed by atoms with Gasteiger partial charge in [-0.1, -0.05) is 24.3 Å². The number of aryl methyl sites for hydroxylation is 1. The van der Waals surface area contributed by atoms with E-state index in [1.54, 1.807) is 55.6 Å². The van der Waals surface area contributed by atoms with E-state index in [1.807, 2.05) is 6.07 Å². The molecule has 3 rings (SSSR count). The van der Waals surface area contributed by atoms with Crippen LogP contribution >= 0.6 is 11.3 Å². The topological polar surface area (TPSA) is 110 Å². The van der Waals surface area contributed by atoms with Crippen molar-refractivity contribution in [2.24, 2.45) is 0 Å². The summed E-state index contributed by atoms with van der Waals surface area (Å²) < 4.78 is 5.01. The molecule has 0 aliphatic heterocycles. The molecule has 0 bridgehead atoms. The largest absolute Gasteiger partial charge is 0.451 e. The lowest BCUT2D eigenvalue weighted by atomic mass is 10.2. The Morgan fingerprint density at radius 3 is 2.50 bits per heavy atom. The van der Waals surface area contributed by atoms with Crippen molar-refractivity contribution in [3.05, 3.63) is 70.9 Å². The first-order valence-electron chi connectivity index (χ1n) is 8.25. The van der Waals surface area contributed by atoms with Crippen molar-refractivity contribution >= 4 is 29.1 Å². The average Bonchev–Trinajstić information content (AvgIpc) is 3.13.